The molecule has 2 aromatic rings. The minimum atomic E-state index is -0.883. The van der Waals surface area contributed by atoms with Gasteiger partial charge >= 0.3 is 0 Å². The van der Waals surface area contributed by atoms with Crippen LogP contribution >= 0.6 is 0 Å². The molecule has 0 radical (unpaired) electrons. The second-order valence-corrected chi connectivity index (χ2v) is 5.46. The summed E-state index contributed by atoms with van der Waals surface area (Å²) in [4.78, 5) is 19.5. The van der Waals surface area contributed by atoms with Crippen LogP contribution in [0.15, 0.2) is 30.6 Å². The fourth-order valence-electron chi connectivity index (χ4n) is 2.62. The molecule has 0 aliphatic heterocycles. The maximum Gasteiger partial charge on any atom is 0.268 e. The Kier molecular flexibility index (Phi) is 5.97. The van der Waals surface area contributed by atoms with Gasteiger partial charge in [0.1, 0.15) is 0 Å². The van der Waals surface area contributed by atoms with Crippen molar-refractivity contribution in [3.63, 3.8) is 0 Å². The second-order valence-electron chi connectivity index (χ2n) is 5.46. The summed E-state index contributed by atoms with van der Waals surface area (Å²) in [5.74, 6) is 3.10. The first-order valence-corrected chi connectivity index (χ1v) is 8.11. The Bertz CT molecular complexity index is 732. The van der Waals surface area contributed by atoms with E-state index in [0.717, 1.165) is 25.3 Å². The molecule has 1 aromatic carbocycles. The van der Waals surface area contributed by atoms with Gasteiger partial charge in [0.05, 0.1) is 11.1 Å². The van der Waals surface area contributed by atoms with Gasteiger partial charge < -0.3 is 5.32 Å². The van der Waals surface area contributed by atoms with E-state index in [1.165, 1.54) is 18.5 Å². The molecule has 25 heavy (non-hydrogen) atoms. The molecule has 0 atom stereocenters. The third-order valence-electron chi connectivity index (χ3n) is 4.08. The van der Waals surface area contributed by atoms with Gasteiger partial charge in [-0.15, -0.1) is 0 Å². The Morgan fingerprint density at radius 2 is 1.80 bits per heavy atom. The second kappa shape index (κ2) is 7.98. The van der Waals surface area contributed by atoms with Gasteiger partial charge in [0.25, 0.3) is 5.91 Å². The average Bonchev–Trinajstić information content (AvgIpc) is 2.62. The Labute approximate surface area is 144 Å². The van der Waals surface area contributed by atoms with Crippen molar-refractivity contribution in [2.75, 3.05) is 5.32 Å². The van der Waals surface area contributed by atoms with Crippen molar-refractivity contribution in [3.05, 3.63) is 53.4 Å². The van der Waals surface area contributed by atoms with Gasteiger partial charge in [-0.25, -0.2) is 24.6 Å². The highest BCUT2D eigenvalue weighted by atomic mass is 19.2. The molecule has 0 spiro atoms. The number of carbonyl (C=O) groups excluding carboxylic acids is 1. The lowest BCUT2D eigenvalue weighted by molar-refractivity contribution is 0.0953. The third-order valence-corrected chi connectivity index (χ3v) is 4.08. The summed E-state index contributed by atoms with van der Waals surface area (Å²) >= 11 is 0. The molecule has 8 heteroatoms. The fourth-order valence-corrected chi connectivity index (χ4v) is 2.62. The molecule has 1 fully saturated rings. The summed E-state index contributed by atoms with van der Waals surface area (Å²) in [6.07, 6.45) is 5.16. The standard InChI is InChI=1S/C15H15F2N5O.C2H6/c16-11-3-2-10(6-12(11)17)15(4-1-5-15)21-14-19-7-9(8-20-14)13(23)22-18;1-2/h2-3,6-8H,1,4-5,18H2,(H,22,23)(H,19,20,21);1-2H3. The molecule has 1 aromatic heterocycles. The number of benzene rings is 1. The molecule has 1 saturated carbocycles. The van der Waals surface area contributed by atoms with Crippen LogP contribution < -0.4 is 16.6 Å². The number of amides is 1. The summed E-state index contributed by atoms with van der Waals surface area (Å²) < 4.78 is 26.6. The molecule has 0 saturated heterocycles. The first-order valence-electron chi connectivity index (χ1n) is 8.11. The first-order chi connectivity index (χ1) is 12.0. The average molecular weight is 349 g/mol. The summed E-state index contributed by atoms with van der Waals surface area (Å²) in [6, 6.07) is 3.86. The van der Waals surface area contributed by atoms with Crippen molar-refractivity contribution in [2.45, 2.75) is 38.6 Å². The summed E-state index contributed by atoms with van der Waals surface area (Å²) in [7, 11) is 0. The molecule has 4 N–H and O–H groups in total. The van der Waals surface area contributed by atoms with Gasteiger partial charge in [0, 0.05) is 12.4 Å². The van der Waals surface area contributed by atoms with E-state index >= 15 is 0 Å². The van der Waals surface area contributed by atoms with Crippen LogP contribution in [0.3, 0.4) is 0 Å². The number of nitrogens with zero attached hydrogens (tertiary/aromatic N) is 2. The number of nitrogen functional groups attached to an aromatic ring is 1. The number of hydrogen-bond donors (Lipinski definition) is 3. The van der Waals surface area contributed by atoms with E-state index in [1.54, 1.807) is 6.07 Å². The topological polar surface area (TPSA) is 92.9 Å². The minimum absolute atomic E-state index is 0.230. The lowest BCUT2D eigenvalue weighted by Crippen LogP contribution is -2.42. The molecular formula is C17H21F2N5O. The molecule has 134 valence electrons. The summed E-state index contributed by atoms with van der Waals surface area (Å²) in [6.45, 7) is 4.00. The molecule has 1 heterocycles. The number of anilines is 1. The van der Waals surface area contributed by atoms with Crippen LogP contribution in [0.25, 0.3) is 0 Å². The van der Waals surface area contributed by atoms with Crippen LogP contribution in [-0.2, 0) is 5.54 Å². The third kappa shape index (κ3) is 3.90. The largest absolute Gasteiger partial charge is 0.345 e. The van der Waals surface area contributed by atoms with Crippen molar-refractivity contribution in [3.8, 4) is 0 Å². The number of hydrazine groups is 1. The molecule has 3 rings (SSSR count). The molecule has 0 unspecified atom stereocenters. The zero-order chi connectivity index (χ0) is 18.4. The Hall–Kier alpha value is -2.61. The van der Waals surface area contributed by atoms with Gasteiger partial charge in [-0.2, -0.15) is 0 Å². The van der Waals surface area contributed by atoms with Crippen molar-refractivity contribution in [2.24, 2.45) is 5.84 Å². The predicted molar refractivity (Wildman–Crippen MR) is 90.5 cm³/mol. The molecule has 1 aliphatic rings. The van der Waals surface area contributed by atoms with E-state index in [1.807, 2.05) is 19.3 Å². The highest BCUT2D eigenvalue weighted by molar-refractivity contribution is 5.93. The molecular weight excluding hydrogens is 328 g/mol. The van der Waals surface area contributed by atoms with E-state index in [-0.39, 0.29) is 5.56 Å². The van der Waals surface area contributed by atoms with Crippen LogP contribution in [0.4, 0.5) is 14.7 Å². The van der Waals surface area contributed by atoms with Crippen LogP contribution in [0.5, 0.6) is 0 Å². The van der Waals surface area contributed by atoms with Gasteiger partial charge in [-0.1, -0.05) is 19.9 Å². The maximum atomic E-state index is 13.5. The van der Waals surface area contributed by atoms with Crippen molar-refractivity contribution < 1.29 is 13.6 Å². The van der Waals surface area contributed by atoms with E-state index in [4.69, 9.17) is 5.84 Å². The lowest BCUT2D eigenvalue weighted by atomic mass is 9.72. The van der Waals surface area contributed by atoms with Crippen LogP contribution in [0.1, 0.15) is 49.0 Å². The number of nitrogens with two attached hydrogens (primary N) is 1. The number of halogens is 2. The molecule has 0 bridgehead atoms. The zero-order valence-corrected chi connectivity index (χ0v) is 14.1. The normalized spacial score (nSPS) is 14.6. The fraction of sp³-hybridized carbons (Fsp3) is 0.353. The molecule has 6 nitrogen and oxygen atoms in total. The maximum absolute atomic E-state index is 13.5. The summed E-state index contributed by atoms with van der Waals surface area (Å²) in [5, 5.41) is 3.16. The highest BCUT2D eigenvalue weighted by Gasteiger charge is 2.39. The Morgan fingerprint density at radius 3 is 2.28 bits per heavy atom. The SMILES string of the molecule is CC.NNC(=O)c1cnc(NC2(c3ccc(F)c(F)c3)CCC2)nc1. The lowest BCUT2D eigenvalue weighted by Gasteiger charge is -2.43. The summed E-state index contributed by atoms with van der Waals surface area (Å²) in [5.41, 5.74) is 2.35. The Morgan fingerprint density at radius 1 is 1.16 bits per heavy atom. The van der Waals surface area contributed by atoms with Gasteiger partial charge in [0.2, 0.25) is 5.95 Å². The van der Waals surface area contributed by atoms with Crippen molar-refractivity contribution in [1.29, 1.82) is 0 Å². The number of nitrogens with one attached hydrogen (secondary N) is 2. The zero-order valence-electron chi connectivity index (χ0n) is 14.1. The number of rotatable bonds is 4. The molecule has 1 aliphatic carbocycles. The van der Waals surface area contributed by atoms with E-state index in [9.17, 15) is 13.6 Å². The monoisotopic (exact) mass is 349 g/mol. The van der Waals surface area contributed by atoms with Gasteiger partial charge in [-0.3, -0.25) is 10.2 Å². The highest BCUT2D eigenvalue weighted by Crippen LogP contribution is 2.43. The molecule has 1 amide bonds. The Balaban J connectivity index is 0.00000109. The number of carbonyl (C=O) groups is 1. The van der Waals surface area contributed by atoms with E-state index in [2.05, 4.69) is 15.3 Å². The van der Waals surface area contributed by atoms with Gasteiger partial charge in [-0.05, 0) is 37.0 Å². The van der Waals surface area contributed by atoms with Crippen LogP contribution in [0, 0.1) is 11.6 Å². The van der Waals surface area contributed by atoms with E-state index < -0.39 is 23.1 Å². The van der Waals surface area contributed by atoms with Crippen LogP contribution in [0.2, 0.25) is 0 Å². The smallest absolute Gasteiger partial charge is 0.268 e. The van der Waals surface area contributed by atoms with E-state index in [0.29, 0.717) is 11.5 Å². The predicted octanol–water partition coefficient (Wildman–Crippen LogP) is 2.88. The van der Waals surface area contributed by atoms with Crippen LogP contribution in [-0.4, -0.2) is 15.9 Å². The van der Waals surface area contributed by atoms with Crippen molar-refractivity contribution >= 4 is 11.9 Å². The number of hydrogen-bond acceptors (Lipinski definition) is 5. The minimum Gasteiger partial charge on any atom is -0.345 e. The number of aromatic nitrogens is 2. The van der Waals surface area contributed by atoms with Gasteiger partial charge in [0.15, 0.2) is 11.6 Å². The quantitative estimate of drug-likeness (QED) is 0.448. The van der Waals surface area contributed by atoms with Crippen molar-refractivity contribution in [1.82, 2.24) is 15.4 Å². The first kappa shape index (κ1) is 18.7.